The van der Waals surface area contributed by atoms with Gasteiger partial charge < -0.3 is 10.6 Å². The Balaban J connectivity index is 1.85. The first-order valence-corrected chi connectivity index (χ1v) is 6.93. The Kier molecular flexibility index (Phi) is 4.62. The van der Waals surface area contributed by atoms with Gasteiger partial charge >= 0.3 is 0 Å². The van der Waals surface area contributed by atoms with Crippen molar-refractivity contribution in [1.29, 1.82) is 0 Å². The van der Waals surface area contributed by atoms with Crippen molar-refractivity contribution in [2.75, 3.05) is 19.6 Å². The summed E-state index contributed by atoms with van der Waals surface area (Å²) in [5, 5.41) is 6.38. The SMILES string of the molecule is C#CCNC(=O)CN(CC)C1CC2CCC(C1)N2. The van der Waals surface area contributed by atoms with Crippen LogP contribution in [0.15, 0.2) is 0 Å². The second kappa shape index (κ2) is 6.21. The van der Waals surface area contributed by atoms with E-state index in [1.54, 1.807) is 0 Å². The molecule has 1 amide bonds. The third kappa shape index (κ3) is 3.24. The lowest BCUT2D eigenvalue weighted by molar-refractivity contribution is -0.122. The van der Waals surface area contributed by atoms with E-state index in [1.807, 2.05) is 0 Å². The Labute approximate surface area is 109 Å². The van der Waals surface area contributed by atoms with Crippen LogP contribution in [-0.4, -0.2) is 48.6 Å². The molecule has 2 bridgehead atoms. The minimum absolute atomic E-state index is 0.0423. The summed E-state index contributed by atoms with van der Waals surface area (Å²) < 4.78 is 0. The van der Waals surface area contributed by atoms with Crippen LogP contribution in [-0.2, 0) is 4.79 Å². The molecular weight excluding hydrogens is 226 g/mol. The minimum Gasteiger partial charge on any atom is -0.344 e. The number of nitrogens with one attached hydrogen (secondary N) is 2. The predicted molar refractivity (Wildman–Crippen MR) is 72.1 cm³/mol. The van der Waals surface area contributed by atoms with E-state index in [0.717, 1.165) is 6.54 Å². The fraction of sp³-hybridized carbons (Fsp3) is 0.786. The lowest BCUT2D eigenvalue weighted by Gasteiger charge is -2.36. The summed E-state index contributed by atoms with van der Waals surface area (Å²) in [5.74, 6) is 2.48. The van der Waals surface area contributed by atoms with Gasteiger partial charge in [0.2, 0.25) is 5.91 Å². The van der Waals surface area contributed by atoms with E-state index in [1.165, 1.54) is 25.7 Å². The number of carbonyl (C=O) groups is 1. The number of likely N-dealkylation sites (N-methyl/N-ethyl adjacent to an activating group) is 1. The van der Waals surface area contributed by atoms with Crippen LogP contribution in [0.25, 0.3) is 0 Å². The molecule has 2 unspecified atom stereocenters. The van der Waals surface area contributed by atoms with Crippen molar-refractivity contribution < 1.29 is 4.79 Å². The highest BCUT2D eigenvalue weighted by Gasteiger charge is 2.35. The van der Waals surface area contributed by atoms with E-state index in [2.05, 4.69) is 28.4 Å². The van der Waals surface area contributed by atoms with Crippen molar-refractivity contribution in [3.05, 3.63) is 0 Å². The standard InChI is InChI=1S/C14H23N3O/c1-3-7-15-14(18)10-17(4-2)13-8-11-5-6-12(9-13)16-11/h1,11-13,16H,4-10H2,2H3,(H,15,18). The van der Waals surface area contributed by atoms with E-state index >= 15 is 0 Å². The van der Waals surface area contributed by atoms with Gasteiger partial charge in [-0.25, -0.2) is 0 Å². The zero-order valence-electron chi connectivity index (χ0n) is 11.1. The molecule has 0 aliphatic carbocycles. The van der Waals surface area contributed by atoms with Gasteiger partial charge in [-0.3, -0.25) is 9.69 Å². The number of carbonyl (C=O) groups excluding carboxylic acids is 1. The average molecular weight is 249 g/mol. The Morgan fingerprint density at radius 3 is 2.67 bits per heavy atom. The van der Waals surface area contributed by atoms with Gasteiger partial charge in [0, 0.05) is 18.1 Å². The maximum atomic E-state index is 11.7. The maximum absolute atomic E-state index is 11.7. The summed E-state index contributed by atoms with van der Waals surface area (Å²) in [6.07, 6.45) is 10.1. The van der Waals surface area contributed by atoms with Crippen LogP contribution in [0.4, 0.5) is 0 Å². The second-order valence-corrected chi connectivity index (χ2v) is 5.31. The first kappa shape index (κ1) is 13.4. The third-order valence-corrected chi connectivity index (χ3v) is 4.11. The van der Waals surface area contributed by atoms with Gasteiger partial charge in [0.1, 0.15) is 0 Å². The van der Waals surface area contributed by atoms with E-state index in [-0.39, 0.29) is 5.91 Å². The molecule has 0 aromatic carbocycles. The zero-order valence-corrected chi connectivity index (χ0v) is 11.1. The van der Waals surface area contributed by atoms with Crippen LogP contribution in [0.3, 0.4) is 0 Å². The van der Waals surface area contributed by atoms with Gasteiger partial charge in [-0.05, 0) is 32.2 Å². The molecule has 2 saturated heterocycles. The number of hydrogen-bond acceptors (Lipinski definition) is 3. The quantitative estimate of drug-likeness (QED) is 0.691. The lowest BCUT2D eigenvalue weighted by Crippen LogP contribution is -2.50. The normalized spacial score (nSPS) is 30.2. The van der Waals surface area contributed by atoms with Crippen LogP contribution in [0, 0.1) is 12.3 Å². The fourth-order valence-electron chi connectivity index (χ4n) is 3.21. The Morgan fingerprint density at radius 2 is 2.11 bits per heavy atom. The highest BCUT2D eigenvalue weighted by Crippen LogP contribution is 2.29. The molecule has 2 heterocycles. The van der Waals surface area contributed by atoms with E-state index in [9.17, 15) is 4.79 Å². The number of amides is 1. The average Bonchev–Trinajstić information content (AvgIpc) is 2.72. The van der Waals surface area contributed by atoms with Crippen LogP contribution in [0.1, 0.15) is 32.6 Å². The summed E-state index contributed by atoms with van der Waals surface area (Å²) in [6.45, 7) is 3.85. The smallest absolute Gasteiger partial charge is 0.234 e. The first-order valence-electron chi connectivity index (χ1n) is 6.93. The lowest BCUT2D eigenvalue weighted by atomic mass is 9.98. The molecule has 0 saturated carbocycles. The first-order chi connectivity index (χ1) is 8.72. The second-order valence-electron chi connectivity index (χ2n) is 5.31. The van der Waals surface area contributed by atoms with Gasteiger partial charge in [-0.2, -0.15) is 0 Å². The molecule has 2 fully saturated rings. The molecule has 2 aliphatic heterocycles. The van der Waals surface area contributed by atoms with Crippen LogP contribution < -0.4 is 10.6 Å². The molecule has 2 aliphatic rings. The number of rotatable bonds is 5. The highest BCUT2D eigenvalue weighted by atomic mass is 16.2. The fourth-order valence-corrected chi connectivity index (χ4v) is 3.21. The van der Waals surface area contributed by atoms with Gasteiger partial charge in [0.05, 0.1) is 13.1 Å². The highest BCUT2D eigenvalue weighted by molar-refractivity contribution is 5.78. The molecule has 0 aromatic rings. The van der Waals surface area contributed by atoms with Crippen molar-refractivity contribution in [3.8, 4) is 12.3 Å². The van der Waals surface area contributed by atoms with Gasteiger partial charge in [0.25, 0.3) is 0 Å². The molecule has 100 valence electrons. The molecule has 4 nitrogen and oxygen atoms in total. The van der Waals surface area contributed by atoms with E-state index < -0.39 is 0 Å². The number of terminal acetylenes is 1. The van der Waals surface area contributed by atoms with Crippen LogP contribution in [0.5, 0.6) is 0 Å². The van der Waals surface area contributed by atoms with Crippen LogP contribution >= 0.6 is 0 Å². The molecule has 0 spiro atoms. The summed E-state index contributed by atoms with van der Waals surface area (Å²) in [5.41, 5.74) is 0. The summed E-state index contributed by atoms with van der Waals surface area (Å²) in [7, 11) is 0. The molecule has 2 N–H and O–H groups in total. The topological polar surface area (TPSA) is 44.4 Å². The largest absolute Gasteiger partial charge is 0.344 e. The van der Waals surface area contributed by atoms with E-state index in [4.69, 9.17) is 6.42 Å². The van der Waals surface area contributed by atoms with Crippen molar-refractivity contribution in [2.45, 2.75) is 50.7 Å². The van der Waals surface area contributed by atoms with Crippen molar-refractivity contribution in [3.63, 3.8) is 0 Å². The summed E-state index contributed by atoms with van der Waals surface area (Å²) >= 11 is 0. The predicted octanol–water partition coefficient (Wildman–Crippen LogP) is 0.341. The van der Waals surface area contributed by atoms with Gasteiger partial charge in [0.15, 0.2) is 0 Å². The van der Waals surface area contributed by atoms with Crippen molar-refractivity contribution in [1.82, 2.24) is 15.5 Å². The Morgan fingerprint density at radius 1 is 1.44 bits per heavy atom. The number of nitrogens with zero attached hydrogens (tertiary/aromatic N) is 1. The Hall–Kier alpha value is -1.05. The van der Waals surface area contributed by atoms with Gasteiger partial charge in [-0.1, -0.05) is 12.8 Å². The van der Waals surface area contributed by atoms with Gasteiger partial charge in [-0.15, -0.1) is 6.42 Å². The third-order valence-electron chi connectivity index (χ3n) is 4.11. The Bertz CT molecular complexity index is 324. The molecule has 4 heteroatoms. The monoisotopic (exact) mass is 249 g/mol. The number of hydrogen-bond donors (Lipinski definition) is 2. The van der Waals surface area contributed by atoms with Crippen LogP contribution in [0.2, 0.25) is 0 Å². The molecule has 2 atom stereocenters. The molecule has 0 radical (unpaired) electrons. The molecule has 2 rings (SSSR count). The van der Waals surface area contributed by atoms with E-state index in [0.29, 0.717) is 31.2 Å². The molecule has 0 aromatic heterocycles. The summed E-state index contributed by atoms with van der Waals surface area (Å²) in [4.78, 5) is 14.0. The maximum Gasteiger partial charge on any atom is 0.234 e. The summed E-state index contributed by atoms with van der Waals surface area (Å²) in [6, 6.07) is 1.87. The minimum atomic E-state index is 0.0423. The van der Waals surface area contributed by atoms with Crippen molar-refractivity contribution >= 4 is 5.91 Å². The number of piperidine rings is 1. The number of fused-ring (bicyclic) bond motifs is 2. The molecule has 18 heavy (non-hydrogen) atoms. The van der Waals surface area contributed by atoms with Crippen molar-refractivity contribution in [2.24, 2.45) is 0 Å². The molecular formula is C14H23N3O. The zero-order chi connectivity index (χ0) is 13.0.